The van der Waals surface area contributed by atoms with Crippen molar-refractivity contribution in [3.8, 4) is 17.0 Å². The van der Waals surface area contributed by atoms with Gasteiger partial charge in [-0.3, -0.25) is 0 Å². The molecule has 0 bridgehead atoms. The third kappa shape index (κ3) is 2.89. The molecule has 2 heterocycles. The molecule has 0 atom stereocenters. The van der Waals surface area contributed by atoms with E-state index < -0.39 is 5.60 Å². The van der Waals surface area contributed by atoms with Gasteiger partial charge in [0, 0.05) is 29.8 Å². The van der Waals surface area contributed by atoms with Crippen molar-refractivity contribution in [2.75, 3.05) is 26.1 Å². The second-order valence-corrected chi connectivity index (χ2v) is 6.63. The van der Waals surface area contributed by atoms with E-state index in [1.54, 1.807) is 13.3 Å². The van der Waals surface area contributed by atoms with Crippen LogP contribution < -0.4 is 10.5 Å². The highest BCUT2D eigenvalue weighted by molar-refractivity contribution is 5.96. The largest absolute Gasteiger partial charge is 0.487 e. The van der Waals surface area contributed by atoms with Gasteiger partial charge in [0.1, 0.15) is 12.3 Å². The number of hydrogen-bond acceptors (Lipinski definition) is 6. The lowest BCUT2D eigenvalue weighted by molar-refractivity contribution is -0.0386. The number of H-pyrrole nitrogens is 1. The lowest BCUT2D eigenvalue weighted by Gasteiger charge is -2.37. The minimum Gasteiger partial charge on any atom is -0.487 e. The van der Waals surface area contributed by atoms with Crippen molar-refractivity contribution >= 4 is 16.9 Å². The molecular formula is C19H22N4O3. The first-order valence-electron chi connectivity index (χ1n) is 8.69. The fraction of sp³-hybridized carbons (Fsp3) is 0.368. The summed E-state index contributed by atoms with van der Waals surface area (Å²) >= 11 is 0. The van der Waals surface area contributed by atoms with E-state index in [1.165, 1.54) is 0 Å². The van der Waals surface area contributed by atoms with E-state index in [1.807, 2.05) is 24.4 Å². The van der Waals surface area contributed by atoms with Crippen LogP contribution in [0.2, 0.25) is 0 Å². The number of methoxy groups -OCH3 is 1. The zero-order chi connectivity index (χ0) is 18.1. The molecule has 136 valence electrons. The Morgan fingerprint density at radius 1 is 1.31 bits per heavy atom. The number of anilines is 1. The first-order valence-corrected chi connectivity index (χ1v) is 8.69. The summed E-state index contributed by atoms with van der Waals surface area (Å²) in [6.45, 7) is 0.860. The van der Waals surface area contributed by atoms with Crippen LogP contribution >= 0.6 is 0 Å². The Morgan fingerprint density at radius 3 is 2.88 bits per heavy atom. The summed E-state index contributed by atoms with van der Waals surface area (Å²) < 4.78 is 10.8. The van der Waals surface area contributed by atoms with E-state index in [-0.39, 0.29) is 5.95 Å². The number of ether oxygens (including phenoxy) is 2. The van der Waals surface area contributed by atoms with Crippen molar-refractivity contribution in [1.29, 1.82) is 0 Å². The number of nitrogens with zero attached hydrogens (tertiary/aromatic N) is 2. The zero-order valence-corrected chi connectivity index (χ0v) is 14.7. The van der Waals surface area contributed by atoms with Crippen LogP contribution in [-0.4, -0.2) is 40.4 Å². The second kappa shape index (κ2) is 6.59. The van der Waals surface area contributed by atoms with E-state index >= 15 is 0 Å². The summed E-state index contributed by atoms with van der Waals surface area (Å²) in [5.41, 5.74) is 8.48. The summed E-state index contributed by atoms with van der Waals surface area (Å²) in [7, 11) is 1.62. The Morgan fingerprint density at radius 2 is 2.15 bits per heavy atom. The fourth-order valence-electron chi connectivity index (χ4n) is 3.32. The monoisotopic (exact) mass is 354 g/mol. The Labute approximate surface area is 151 Å². The number of aromatic nitrogens is 3. The fourth-order valence-corrected chi connectivity index (χ4v) is 3.32. The topological polar surface area (TPSA) is 106 Å². The summed E-state index contributed by atoms with van der Waals surface area (Å²) in [5, 5.41) is 11.7. The molecule has 0 aliphatic heterocycles. The highest BCUT2D eigenvalue weighted by Gasteiger charge is 2.36. The van der Waals surface area contributed by atoms with E-state index in [0.717, 1.165) is 41.3 Å². The minimum atomic E-state index is -0.717. The molecule has 1 aromatic carbocycles. The smallest absolute Gasteiger partial charge is 0.220 e. The summed E-state index contributed by atoms with van der Waals surface area (Å²) in [4.78, 5) is 11.7. The molecule has 26 heavy (non-hydrogen) atoms. The summed E-state index contributed by atoms with van der Waals surface area (Å²) in [5.74, 6) is 0.729. The molecule has 0 radical (unpaired) electrons. The molecule has 0 unspecified atom stereocenters. The minimum absolute atomic E-state index is 0.183. The molecule has 7 heteroatoms. The van der Waals surface area contributed by atoms with E-state index in [0.29, 0.717) is 24.7 Å². The lowest BCUT2D eigenvalue weighted by Crippen LogP contribution is -2.33. The van der Waals surface area contributed by atoms with Crippen molar-refractivity contribution in [3.05, 3.63) is 36.2 Å². The Hall–Kier alpha value is -2.64. The van der Waals surface area contributed by atoms with Gasteiger partial charge in [0.15, 0.2) is 5.75 Å². The van der Waals surface area contributed by atoms with Crippen LogP contribution in [0.3, 0.4) is 0 Å². The Bertz CT molecular complexity index is 934. The average Bonchev–Trinajstić information content (AvgIpc) is 3.04. The van der Waals surface area contributed by atoms with Crippen LogP contribution in [0.5, 0.6) is 5.75 Å². The van der Waals surface area contributed by atoms with Gasteiger partial charge in [-0.15, -0.1) is 0 Å². The molecule has 3 aromatic rings. The van der Waals surface area contributed by atoms with Crippen molar-refractivity contribution < 1.29 is 14.6 Å². The Kier molecular flexibility index (Phi) is 4.26. The maximum Gasteiger partial charge on any atom is 0.220 e. The standard InChI is InChI=1S/C19H22N4O3/c1-25-7-8-26-16-11-22-18(20)23-17(16)14-10-21-15-4-3-12(9-13(14)15)19(24)5-2-6-19/h3-4,9-11,21,24H,2,5-8H2,1H3,(H2,20,22,23). The molecule has 0 amide bonds. The maximum absolute atomic E-state index is 10.7. The highest BCUT2D eigenvalue weighted by atomic mass is 16.5. The number of nitrogens with two attached hydrogens (primary N) is 1. The van der Waals surface area contributed by atoms with E-state index in [4.69, 9.17) is 15.2 Å². The second-order valence-electron chi connectivity index (χ2n) is 6.63. The molecule has 1 fully saturated rings. The predicted octanol–water partition coefficient (Wildman–Crippen LogP) is 2.60. The van der Waals surface area contributed by atoms with Crippen molar-refractivity contribution in [2.24, 2.45) is 0 Å². The number of aliphatic hydroxyl groups is 1. The molecule has 1 aliphatic carbocycles. The van der Waals surface area contributed by atoms with Crippen LogP contribution in [0.15, 0.2) is 30.6 Å². The zero-order valence-electron chi connectivity index (χ0n) is 14.7. The van der Waals surface area contributed by atoms with Crippen LogP contribution in [0.4, 0.5) is 5.95 Å². The molecular weight excluding hydrogens is 332 g/mol. The summed E-state index contributed by atoms with van der Waals surface area (Å²) in [6, 6.07) is 5.99. The predicted molar refractivity (Wildman–Crippen MR) is 98.9 cm³/mol. The molecule has 1 saturated carbocycles. The van der Waals surface area contributed by atoms with Gasteiger partial charge >= 0.3 is 0 Å². The number of aromatic amines is 1. The van der Waals surface area contributed by atoms with Crippen LogP contribution in [0.1, 0.15) is 24.8 Å². The molecule has 7 nitrogen and oxygen atoms in total. The van der Waals surface area contributed by atoms with Gasteiger partial charge in [0.25, 0.3) is 0 Å². The quantitative estimate of drug-likeness (QED) is 0.588. The number of hydrogen-bond donors (Lipinski definition) is 3. The van der Waals surface area contributed by atoms with Gasteiger partial charge in [-0.2, -0.15) is 0 Å². The van der Waals surface area contributed by atoms with Crippen LogP contribution in [0.25, 0.3) is 22.2 Å². The molecule has 1 aliphatic rings. The number of fused-ring (bicyclic) bond motifs is 1. The molecule has 4 N–H and O–H groups in total. The van der Waals surface area contributed by atoms with Gasteiger partial charge in [0.05, 0.1) is 18.4 Å². The normalized spacial score (nSPS) is 15.8. The SMILES string of the molecule is COCCOc1cnc(N)nc1-c1c[nH]c2ccc(C3(O)CCC3)cc12. The molecule has 0 spiro atoms. The van der Waals surface area contributed by atoms with Gasteiger partial charge in [-0.1, -0.05) is 6.07 Å². The first kappa shape index (κ1) is 16.8. The van der Waals surface area contributed by atoms with Crippen LogP contribution in [-0.2, 0) is 10.3 Å². The number of rotatable bonds is 6. The summed E-state index contributed by atoms with van der Waals surface area (Å²) in [6.07, 6.45) is 6.10. The van der Waals surface area contributed by atoms with Crippen molar-refractivity contribution in [1.82, 2.24) is 15.0 Å². The number of nitrogen functional groups attached to an aromatic ring is 1. The third-order valence-corrected chi connectivity index (χ3v) is 4.97. The lowest BCUT2D eigenvalue weighted by atomic mass is 9.75. The maximum atomic E-state index is 10.7. The van der Waals surface area contributed by atoms with Crippen molar-refractivity contribution in [2.45, 2.75) is 24.9 Å². The number of nitrogens with one attached hydrogen (secondary N) is 1. The van der Waals surface area contributed by atoms with Gasteiger partial charge in [0.2, 0.25) is 5.95 Å². The molecule has 2 aromatic heterocycles. The molecule has 0 saturated heterocycles. The van der Waals surface area contributed by atoms with Crippen molar-refractivity contribution in [3.63, 3.8) is 0 Å². The number of benzene rings is 1. The Balaban J connectivity index is 1.78. The first-order chi connectivity index (χ1) is 12.6. The van der Waals surface area contributed by atoms with Gasteiger partial charge in [-0.05, 0) is 37.0 Å². The van der Waals surface area contributed by atoms with Crippen LogP contribution in [0, 0.1) is 0 Å². The van der Waals surface area contributed by atoms with Gasteiger partial charge < -0.3 is 25.3 Å². The van der Waals surface area contributed by atoms with E-state index in [2.05, 4.69) is 15.0 Å². The third-order valence-electron chi connectivity index (χ3n) is 4.97. The average molecular weight is 354 g/mol. The van der Waals surface area contributed by atoms with Gasteiger partial charge in [-0.25, -0.2) is 9.97 Å². The van der Waals surface area contributed by atoms with E-state index in [9.17, 15) is 5.11 Å². The highest BCUT2D eigenvalue weighted by Crippen LogP contribution is 2.43. The molecule has 4 rings (SSSR count).